The fourth-order valence-electron chi connectivity index (χ4n) is 3.97. The van der Waals surface area contributed by atoms with Gasteiger partial charge in [-0.3, -0.25) is 14.9 Å². The van der Waals surface area contributed by atoms with Crippen LogP contribution >= 0.6 is 15.9 Å². The molecule has 0 spiro atoms. The number of nitro benzene ring substituents is 1. The Morgan fingerprint density at radius 2 is 1.72 bits per heavy atom. The number of nitro groups is 1. The molecule has 8 nitrogen and oxygen atoms in total. The summed E-state index contributed by atoms with van der Waals surface area (Å²) in [6.07, 6.45) is 1.51. The van der Waals surface area contributed by atoms with Crippen molar-refractivity contribution in [3.05, 3.63) is 134 Å². The van der Waals surface area contributed by atoms with Gasteiger partial charge >= 0.3 is 0 Å². The topological polar surface area (TPSA) is 107 Å². The quantitative estimate of drug-likeness (QED) is 0.122. The van der Waals surface area contributed by atoms with Gasteiger partial charge in [0.05, 0.1) is 27.9 Å². The van der Waals surface area contributed by atoms with Gasteiger partial charge in [0.15, 0.2) is 0 Å². The van der Waals surface area contributed by atoms with Crippen LogP contribution in [0.2, 0.25) is 0 Å². The summed E-state index contributed by atoms with van der Waals surface area (Å²) in [5, 5.41) is 15.8. The highest BCUT2D eigenvalue weighted by molar-refractivity contribution is 9.10. The highest BCUT2D eigenvalue weighted by atomic mass is 79.9. The van der Waals surface area contributed by atoms with Crippen LogP contribution < -0.4 is 10.2 Å². The minimum absolute atomic E-state index is 0.0174. The molecule has 1 N–H and O–H groups in total. The molecule has 0 aliphatic carbocycles. The van der Waals surface area contributed by atoms with Gasteiger partial charge in [-0.1, -0.05) is 64.5 Å². The molecule has 192 valence electrons. The van der Waals surface area contributed by atoms with Crippen molar-refractivity contribution in [2.24, 2.45) is 5.10 Å². The molecule has 5 aromatic rings. The van der Waals surface area contributed by atoms with Crippen LogP contribution in [0.5, 0.6) is 5.75 Å². The van der Waals surface area contributed by atoms with Crippen LogP contribution in [-0.2, 0) is 6.61 Å². The maximum atomic E-state index is 13.2. The third-order valence-electron chi connectivity index (χ3n) is 5.91. The Balaban J connectivity index is 1.35. The molecule has 0 fully saturated rings. The van der Waals surface area contributed by atoms with Gasteiger partial charge in [-0.05, 0) is 48.0 Å². The van der Waals surface area contributed by atoms with Crippen LogP contribution in [0, 0.1) is 10.1 Å². The molecule has 1 aromatic heterocycles. The van der Waals surface area contributed by atoms with Gasteiger partial charge in [-0.25, -0.2) is 10.4 Å². The summed E-state index contributed by atoms with van der Waals surface area (Å²) in [6, 6.07) is 30.5. The third kappa shape index (κ3) is 6.16. The summed E-state index contributed by atoms with van der Waals surface area (Å²) in [5.74, 6) is 0.167. The number of nitrogens with one attached hydrogen (secondary N) is 1. The monoisotopic (exact) mass is 580 g/mol. The van der Waals surface area contributed by atoms with Crippen LogP contribution in [-0.4, -0.2) is 22.0 Å². The van der Waals surface area contributed by atoms with Gasteiger partial charge in [-0.2, -0.15) is 5.10 Å². The number of aromatic nitrogens is 1. The zero-order valence-corrected chi connectivity index (χ0v) is 22.0. The second-order valence-corrected chi connectivity index (χ2v) is 9.45. The predicted molar refractivity (Wildman–Crippen MR) is 154 cm³/mol. The van der Waals surface area contributed by atoms with Crippen LogP contribution in [0.3, 0.4) is 0 Å². The number of hydrogen-bond acceptors (Lipinski definition) is 6. The number of hydrogen-bond donors (Lipinski definition) is 1. The van der Waals surface area contributed by atoms with E-state index in [-0.39, 0.29) is 18.2 Å². The average Bonchev–Trinajstić information content (AvgIpc) is 2.96. The molecular formula is C30H21BrN4O4. The number of fused-ring (bicyclic) bond motifs is 1. The maximum absolute atomic E-state index is 13.2. The minimum Gasteiger partial charge on any atom is -0.488 e. The average molecular weight is 581 g/mol. The largest absolute Gasteiger partial charge is 0.488 e. The predicted octanol–water partition coefficient (Wildman–Crippen LogP) is 6.92. The van der Waals surface area contributed by atoms with E-state index in [0.29, 0.717) is 28.1 Å². The van der Waals surface area contributed by atoms with Crippen molar-refractivity contribution >= 4 is 44.6 Å². The number of nitrogens with zero attached hydrogens (tertiary/aromatic N) is 3. The fourth-order valence-corrected chi connectivity index (χ4v) is 4.35. The molecule has 1 amide bonds. The second kappa shape index (κ2) is 11.7. The molecule has 1 heterocycles. The van der Waals surface area contributed by atoms with E-state index in [4.69, 9.17) is 9.72 Å². The van der Waals surface area contributed by atoms with E-state index >= 15 is 0 Å². The molecule has 0 atom stereocenters. The van der Waals surface area contributed by atoms with Crippen molar-refractivity contribution in [2.45, 2.75) is 6.61 Å². The van der Waals surface area contributed by atoms with Crippen LogP contribution in [0.15, 0.2) is 113 Å². The first-order valence-electron chi connectivity index (χ1n) is 11.9. The molecule has 39 heavy (non-hydrogen) atoms. The minimum atomic E-state index is -0.445. The number of non-ortho nitro benzene ring substituents is 1. The summed E-state index contributed by atoms with van der Waals surface area (Å²) in [7, 11) is 0. The number of amides is 1. The Morgan fingerprint density at radius 3 is 2.49 bits per heavy atom. The number of carbonyl (C=O) groups is 1. The molecule has 0 radical (unpaired) electrons. The molecule has 0 saturated heterocycles. The fraction of sp³-hybridized carbons (Fsp3) is 0.0333. The number of pyridine rings is 1. The molecule has 0 bridgehead atoms. The lowest BCUT2D eigenvalue weighted by Crippen LogP contribution is -2.18. The maximum Gasteiger partial charge on any atom is 0.272 e. The number of halogens is 1. The van der Waals surface area contributed by atoms with Crippen LogP contribution in [0.25, 0.3) is 22.2 Å². The van der Waals surface area contributed by atoms with E-state index < -0.39 is 4.92 Å². The van der Waals surface area contributed by atoms with Crippen molar-refractivity contribution in [3.8, 4) is 17.0 Å². The zero-order valence-electron chi connectivity index (χ0n) is 20.5. The van der Waals surface area contributed by atoms with E-state index in [1.165, 1.54) is 18.3 Å². The first kappa shape index (κ1) is 25.7. The highest BCUT2D eigenvalue weighted by Crippen LogP contribution is 2.26. The van der Waals surface area contributed by atoms with Gasteiger partial charge in [0.2, 0.25) is 0 Å². The lowest BCUT2D eigenvalue weighted by atomic mass is 10.0. The molecule has 0 unspecified atom stereocenters. The molecule has 0 saturated carbocycles. The van der Waals surface area contributed by atoms with Crippen LogP contribution in [0.4, 0.5) is 5.69 Å². The van der Waals surface area contributed by atoms with E-state index in [9.17, 15) is 14.9 Å². The number of carbonyl (C=O) groups excluding carboxylic acids is 1. The van der Waals surface area contributed by atoms with Gasteiger partial charge in [0.1, 0.15) is 12.4 Å². The summed E-state index contributed by atoms with van der Waals surface area (Å²) in [6.45, 7) is 0.206. The van der Waals surface area contributed by atoms with Crippen molar-refractivity contribution in [2.75, 3.05) is 0 Å². The lowest BCUT2D eigenvalue weighted by Gasteiger charge is -2.10. The van der Waals surface area contributed by atoms with Crippen molar-refractivity contribution in [1.29, 1.82) is 0 Å². The summed E-state index contributed by atoms with van der Waals surface area (Å²) < 4.78 is 6.75. The van der Waals surface area contributed by atoms with Gasteiger partial charge in [0, 0.05) is 33.1 Å². The third-order valence-corrected chi connectivity index (χ3v) is 6.41. The smallest absolute Gasteiger partial charge is 0.272 e. The number of para-hydroxylation sites is 1. The Morgan fingerprint density at radius 1 is 0.974 bits per heavy atom. The Hall–Kier alpha value is -4.89. The first-order valence-corrected chi connectivity index (χ1v) is 12.7. The van der Waals surface area contributed by atoms with Crippen LogP contribution in [0.1, 0.15) is 21.5 Å². The number of hydrazone groups is 1. The lowest BCUT2D eigenvalue weighted by molar-refractivity contribution is -0.384. The second-order valence-electron chi connectivity index (χ2n) is 8.53. The molecule has 9 heteroatoms. The van der Waals surface area contributed by atoms with Gasteiger partial charge in [-0.15, -0.1) is 0 Å². The van der Waals surface area contributed by atoms with Crippen molar-refractivity contribution in [3.63, 3.8) is 0 Å². The molecule has 5 rings (SSSR count). The number of ether oxygens (including phenoxy) is 1. The number of rotatable bonds is 8. The normalized spacial score (nSPS) is 11.0. The summed E-state index contributed by atoms with van der Waals surface area (Å²) in [4.78, 5) is 28.4. The summed E-state index contributed by atoms with van der Waals surface area (Å²) in [5.41, 5.74) is 6.82. The van der Waals surface area contributed by atoms with Crippen molar-refractivity contribution < 1.29 is 14.5 Å². The molecule has 4 aromatic carbocycles. The Labute approximate surface area is 232 Å². The summed E-state index contributed by atoms with van der Waals surface area (Å²) >= 11 is 3.45. The van der Waals surface area contributed by atoms with Crippen molar-refractivity contribution in [1.82, 2.24) is 10.4 Å². The molecule has 0 aliphatic heterocycles. The first-order chi connectivity index (χ1) is 19.0. The standard InChI is InChI=1S/C30H21BrN4O4/c31-23-12-15-29(39-19-20-10-13-24(14-11-20)35(37)38)22(16-23)18-32-34-30(36)26-17-28(21-6-2-1-3-7-21)33-27-9-5-4-8-25(26)27/h1-18H,19H2,(H,34,36)/b32-18+. The zero-order chi connectivity index (χ0) is 27.2. The SMILES string of the molecule is O=C(N/N=C/c1cc(Br)ccc1OCc1ccc([N+](=O)[O-])cc1)c1cc(-c2ccccc2)nc2ccccc12. The highest BCUT2D eigenvalue weighted by Gasteiger charge is 2.14. The Kier molecular flexibility index (Phi) is 7.70. The molecule has 0 aliphatic rings. The number of benzene rings is 4. The van der Waals surface area contributed by atoms with Gasteiger partial charge < -0.3 is 4.74 Å². The Bertz CT molecular complexity index is 1690. The molecular weight excluding hydrogens is 560 g/mol. The van der Waals surface area contributed by atoms with E-state index in [0.717, 1.165) is 21.0 Å². The van der Waals surface area contributed by atoms with E-state index in [2.05, 4.69) is 26.5 Å². The van der Waals surface area contributed by atoms with E-state index in [1.807, 2.05) is 66.7 Å². The van der Waals surface area contributed by atoms with E-state index in [1.54, 1.807) is 24.3 Å². The van der Waals surface area contributed by atoms with Gasteiger partial charge in [0.25, 0.3) is 11.6 Å².